The van der Waals surface area contributed by atoms with Crippen molar-refractivity contribution in [3.63, 3.8) is 0 Å². The number of alkyl halides is 3. The summed E-state index contributed by atoms with van der Waals surface area (Å²) in [7, 11) is 1.80. The first kappa shape index (κ1) is 19.2. The van der Waals surface area contributed by atoms with Gasteiger partial charge in [0.1, 0.15) is 0 Å². The van der Waals surface area contributed by atoms with E-state index in [-0.39, 0.29) is 11.4 Å². The third kappa shape index (κ3) is 4.40. The van der Waals surface area contributed by atoms with Crippen molar-refractivity contribution in [1.29, 1.82) is 0 Å². The van der Waals surface area contributed by atoms with E-state index in [0.717, 1.165) is 23.2 Å². The second-order valence-corrected chi connectivity index (χ2v) is 5.87. The van der Waals surface area contributed by atoms with E-state index < -0.39 is 24.6 Å². The smallest absolute Gasteiger partial charge is 0.422 e. The molecule has 2 amide bonds. The maximum Gasteiger partial charge on any atom is 0.422 e. The number of carbonyl (C=O) groups excluding carboxylic acids is 2. The lowest BCUT2D eigenvalue weighted by Gasteiger charge is -2.09. The standard InChI is InChI=1S/C18H15F3N4O3/c1-25-9-13(12-4-2-3-5-14(12)25)17(27)24-23-16(26)11-6-7-15(22-8-11)28-10-18(19,20)21/h2-9H,10H2,1H3,(H,23,26)(H,24,27). The van der Waals surface area contributed by atoms with Crippen LogP contribution < -0.4 is 15.6 Å². The molecule has 0 bridgehead atoms. The van der Waals surface area contributed by atoms with Gasteiger partial charge in [-0.3, -0.25) is 20.4 Å². The Hall–Kier alpha value is -3.56. The first-order chi connectivity index (χ1) is 13.2. The van der Waals surface area contributed by atoms with Crippen molar-refractivity contribution in [3.8, 4) is 5.88 Å². The number of para-hydroxylation sites is 1. The molecule has 2 aromatic heterocycles. The third-order valence-electron chi connectivity index (χ3n) is 3.81. The van der Waals surface area contributed by atoms with E-state index >= 15 is 0 Å². The van der Waals surface area contributed by atoms with Gasteiger partial charge in [0.25, 0.3) is 11.8 Å². The summed E-state index contributed by atoms with van der Waals surface area (Å²) in [6.45, 7) is -1.48. The van der Waals surface area contributed by atoms with E-state index in [0.29, 0.717) is 5.56 Å². The zero-order chi connectivity index (χ0) is 20.3. The fourth-order valence-corrected chi connectivity index (χ4v) is 2.53. The van der Waals surface area contributed by atoms with Crippen molar-refractivity contribution in [2.45, 2.75) is 6.18 Å². The summed E-state index contributed by atoms with van der Waals surface area (Å²) in [5.74, 6) is -1.46. The molecule has 146 valence electrons. The lowest BCUT2D eigenvalue weighted by atomic mass is 10.2. The topological polar surface area (TPSA) is 85.2 Å². The quantitative estimate of drug-likeness (QED) is 0.669. The van der Waals surface area contributed by atoms with Gasteiger partial charge in [-0.25, -0.2) is 4.98 Å². The van der Waals surface area contributed by atoms with Crippen molar-refractivity contribution in [2.24, 2.45) is 7.05 Å². The first-order valence-corrected chi connectivity index (χ1v) is 8.05. The molecule has 0 aliphatic carbocycles. The molecular formula is C18H15F3N4O3. The molecule has 0 spiro atoms. The number of rotatable bonds is 4. The van der Waals surface area contributed by atoms with Crippen LogP contribution in [0, 0.1) is 0 Å². The van der Waals surface area contributed by atoms with E-state index in [1.54, 1.807) is 29.9 Å². The second kappa shape index (κ2) is 7.59. The van der Waals surface area contributed by atoms with Crippen LogP contribution in [0.4, 0.5) is 13.2 Å². The summed E-state index contributed by atoms with van der Waals surface area (Å²) in [6.07, 6.45) is -1.80. The first-order valence-electron chi connectivity index (χ1n) is 8.05. The maximum atomic E-state index is 12.4. The van der Waals surface area contributed by atoms with E-state index in [4.69, 9.17) is 0 Å². The average Bonchev–Trinajstić information content (AvgIpc) is 3.01. The van der Waals surface area contributed by atoms with Crippen LogP contribution in [0.15, 0.2) is 48.8 Å². The zero-order valence-electron chi connectivity index (χ0n) is 14.6. The number of benzene rings is 1. The van der Waals surface area contributed by atoms with Crippen LogP contribution in [-0.4, -0.2) is 34.1 Å². The lowest BCUT2D eigenvalue weighted by molar-refractivity contribution is -0.154. The Labute approximate surface area is 157 Å². The second-order valence-electron chi connectivity index (χ2n) is 5.87. The average molecular weight is 392 g/mol. The lowest BCUT2D eigenvalue weighted by Crippen LogP contribution is -2.41. The normalized spacial score (nSPS) is 11.3. The monoisotopic (exact) mass is 392 g/mol. The molecule has 0 aliphatic rings. The summed E-state index contributed by atoms with van der Waals surface area (Å²) >= 11 is 0. The summed E-state index contributed by atoms with van der Waals surface area (Å²) < 4.78 is 42.6. The molecular weight excluding hydrogens is 377 g/mol. The molecule has 3 aromatic rings. The number of pyridine rings is 1. The number of nitrogens with one attached hydrogen (secondary N) is 2. The van der Waals surface area contributed by atoms with Crippen LogP contribution in [0.2, 0.25) is 0 Å². The van der Waals surface area contributed by atoms with E-state index in [1.807, 2.05) is 12.1 Å². The zero-order valence-corrected chi connectivity index (χ0v) is 14.6. The predicted octanol–water partition coefficient (Wildman–Crippen LogP) is 2.59. The van der Waals surface area contributed by atoms with E-state index in [9.17, 15) is 22.8 Å². The molecule has 28 heavy (non-hydrogen) atoms. The minimum absolute atomic E-state index is 0.0394. The number of amides is 2. The summed E-state index contributed by atoms with van der Waals surface area (Å²) in [5.41, 5.74) is 5.82. The SMILES string of the molecule is Cn1cc(C(=O)NNC(=O)c2ccc(OCC(F)(F)F)nc2)c2ccccc21. The number of hydrazine groups is 1. The van der Waals surface area contributed by atoms with Crippen LogP contribution in [-0.2, 0) is 7.05 Å². The van der Waals surface area contributed by atoms with Crippen LogP contribution in [0.3, 0.4) is 0 Å². The third-order valence-corrected chi connectivity index (χ3v) is 3.81. The van der Waals surface area contributed by atoms with Gasteiger partial charge >= 0.3 is 6.18 Å². The van der Waals surface area contributed by atoms with Gasteiger partial charge in [-0.15, -0.1) is 0 Å². The number of ether oxygens (including phenoxy) is 1. The highest BCUT2D eigenvalue weighted by Crippen LogP contribution is 2.20. The Bertz CT molecular complexity index is 1010. The van der Waals surface area contributed by atoms with Crippen LogP contribution in [0.1, 0.15) is 20.7 Å². The molecule has 3 rings (SSSR count). The molecule has 0 saturated carbocycles. The van der Waals surface area contributed by atoms with Gasteiger partial charge < -0.3 is 9.30 Å². The molecule has 0 aliphatic heterocycles. The predicted molar refractivity (Wildman–Crippen MR) is 93.6 cm³/mol. The maximum absolute atomic E-state index is 12.4. The number of hydrogen-bond acceptors (Lipinski definition) is 4. The van der Waals surface area contributed by atoms with Crippen molar-refractivity contribution >= 4 is 22.7 Å². The van der Waals surface area contributed by atoms with E-state index in [2.05, 4.69) is 20.6 Å². The number of aryl methyl sites for hydroxylation is 1. The van der Waals surface area contributed by atoms with E-state index in [1.165, 1.54) is 6.07 Å². The van der Waals surface area contributed by atoms with Gasteiger partial charge in [0.15, 0.2) is 6.61 Å². The highest BCUT2D eigenvalue weighted by molar-refractivity contribution is 6.07. The summed E-state index contributed by atoms with van der Waals surface area (Å²) in [4.78, 5) is 28.1. The Morgan fingerprint density at radius 3 is 2.50 bits per heavy atom. The number of halogens is 3. The Kier molecular flexibility index (Phi) is 5.21. The number of nitrogens with zero attached hydrogens (tertiary/aromatic N) is 2. The van der Waals surface area contributed by atoms with Gasteiger partial charge in [0.2, 0.25) is 5.88 Å². The number of fused-ring (bicyclic) bond motifs is 1. The largest absolute Gasteiger partial charge is 0.468 e. The number of carbonyl (C=O) groups is 2. The molecule has 0 atom stereocenters. The molecule has 2 N–H and O–H groups in total. The molecule has 0 radical (unpaired) electrons. The fourth-order valence-electron chi connectivity index (χ4n) is 2.53. The molecule has 7 nitrogen and oxygen atoms in total. The Balaban J connectivity index is 1.61. The van der Waals surface area contributed by atoms with Crippen molar-refractivity contribution in [1.82, 2.24) is 20.4 Å². The van der Waals surface area contributed by atoms with Gasteiger partial charge in [-0.1, -0.05) is 18.2 Å². The van der Waals surface area contributed by atoms with Crippen LogP contribution in [0.5, 0.6) is 5.88 Å². The van der Waals surface area contributed by atoms with Gasteiger partial charge in [-0.2, -0.15) is 13.2 Å². The van der Waals surface area contributed by atoms with Crippen LogP contribution >= 0.6 is 0 Å². The minimum Gasteiger partial charge on any atom is -0.468 e. The van der Waals surface area contributed by atoms with Crippen molar-refractivity contribution < 1.29 is 27.5 Å². The van der Waals surface area contributed by atoms with Gasteiger partial charge in [-0.05, 0) is 12.1 Å². The Morgan fingerprint density at radius 2 is 1.82 bits per heavy atom. The summed E-state index contributed by atoms with van der Waals surface area (Å²) in [6, 6.07) is 9.66. The number of hydrogen-bond donors (Lipinski definition) is 2. The number of aromatic nitrogens is 2. The highest BCUT2D eigenvalue weighted by atomic mass is 19.4. The molecule has 0 saturated heterocycles. The molecule has 0 fully saturated rings. The van der Waals surface area contributed by atoms with Gasteiger partial charge in [0.05, 0.1) is 11.1 Å². The molecule has 1 aromatic carbocycles. The summed E-state index contributed by atoms with van der Waals surface area (Å²) in [5, 5.41) is 0.726. The Morgan fingerprint density at radius 1 is 1.11 bits per heavy atom. The van der Waals surface area contributed by atoms with Crippen LogP contribution in [0.25, 0.3) is 10.9 Å². The van der Waals surface area contributed by atoms with Crippen molar-refractivity contribution in [2.75, 3.05) is 6.61 Å². The molecule has 2 heterocycles. The van der Waals surface area contributed by atoms with Gasteiger partial charge in [0, 0.05) is 36.4 Å². The van der Waals surface area contributed by atoms with Crippen molar-refractivity contribution in [3.05, 3.63) is 59.9 Å². The molecule has 0 unspecified atom stereocenters. The molecule has 10 heteroatoms. The minimum atomic E-state index is -4.48. The highest BCUT2D eigenvalue weighted by Gasteiger charge is 2.28. The fraction of sp³-hybridized carbons (Fsp3) is 0.167.